The van der Waals surface area contributed by atoms with E-state index in [1.165, 1.54) is 30.5 Å². The van der Waals surface area contributed by atoms with E-state index in [2.05, 4.69) is 10.0 Å². The zero-order valence-corrected chi connectivity index (χ0v) is 17.8. The molecule has 3 aromatic rings. The molecule has 0 aliphatic carbocycles. The Bertz CT molecular complexity index is 1090. The second kappa shape index (κ2) is 8.63. The monoisotopic (exact) mass is 454 g/mol. The van der Waals surface area contributed by atoms with Gasteiger partial charge in [0.25, 0.3) is 5.91 Å². The fraction of sp³-hybridized carbons (Fsp3) is 0.105. The third kappa shape index (κ3) is 4.92. The lowest BCUT2D eigenvalue weighted by Crippen LogP contribution is -2.22. The normalized spacial score (nSPS) is 11.4. The van der Waals surface area contributed by atoms with Crippen LogP contribution in [0.15, 0.2) is 59.5 Å². The molecule has 28 heavy (non-hydrogen) atoms. The van der Waals surface area contributed by atoms with Crippen LogP contribution in [-0.4, -0.2) is 21.4 Å². The lowest BCUT2D eigenvalue weighted by Gasteiger charge is -2.06. The molecule has 2 N–H and O–H groups in total. The number of rotatable bonds is 6. The SMILES string of the molecule is CNS(=O)(=O)c1ccc(CNC(=O)c2ccc(-c3cc(Cl)cc(Cl)c3)s2)cc1. The molecule has 0 saturated heterocycles. The fourth-order valence-electron chi connectivity index (χ4n) is 2.48. The van der Waals surface area contributed by atoms with E-state index in [0.29, 0.717) is 14.9 Å². The van der Waals surface area contributed by atoms with Crippen molar-refractivity contribution in [1.29, 1.82) is 0 Å². The zero-order chi connectivity index (χ0) is 20.3. The van der Waals surface area contributed by atoms with E-state index in [0.717, 1.165) is 16.0 Å². The van der Waals surface area contributed by atoms with Crippen molar-refractivity contribution in [2.75, 3.05) is 7.05 Å². The number of halogens is 2. The molecule has 0 atom stereocenters. The van der Waals surface area contributed by atoms with E-state index in [1.807, 2.05) is 6.07 Å². The Morgan fingerprint density at radius 2 is 1.64 bits per heavy atom. The van der Waals surface area contributed by atoms with Crippen LogP contribution in [-0.2, 0) is 16.6 Å². The van der Waals surface area contributed by atoms with E-state index in [4.69, 9.17) is 23.2 Å². The minimum Gasteiger partial charge on any atom is -0.347 e. The van der Waals surface area contributed by atoms with E-state index in [-0.39, 0.29) is 17.3 Å². The smallest absolute Gasteiger partial charge is 0.261 e. The highest BCUT2D eigenvalue weighted by Gasteiger charge is 2.13. The third-order valence-electron chi connectivity index (χ3n) is 3.93. The van der Waals surface area contributed by atoms with Gasteiger partial charge in [-0.1, -0.05) is 35.3 Å². The summed E-state index contributed by atoms with van der Waals surface area (Å²) in [6.45, 7) is 0.287. The molecule has 2 aromatic carbocycles. The van der Waals surface area contributed by atoms with Gasteiger partial charge >= 0.3 is 0 Å². The molecular formula is C19H16Cl2N2O3S2. The van der Waals surface area contributed by atoms with Gasteiger partial charge < -0.3 is 5.32 Å². The number of thiophene rings is 1. The van der Waals surface area contributed by atoms with Crippen molar-refractivity contribution < 1.29 is 13.2 Å². The summed E-state index contributed by atoms with van der Waals surface area (Å²) >= 11 is 13.4. The molecule has 0 radical (unpaired) electrons. The van der Waals surface area contributed by atoms with Gasteiger partial charge in [-0.25, -0.2) is 13.1 Å². The third-order valence-corrected chi connectivity index (χ3v) is 6.93. The minimum atomic E-state index is -3.47. The summed E-state index contributed by atoms with van der Waals surface area (Å²) in [5.74, 6) is -0.212. The molecule has 1 amide bonds. The number of amides is 1. The first-order chi connectivity index (χ1) is 13.3. The van der Waals surface area contributed by atoms with E-state index >= 15 is 0 Å². The van der Waals surface area contributed by atoms with Gasteiger partial charge in [-0.05, 0) is 60.6 Å². The predicted molar refractivity (Wildman–Crippen MR) is 114 cm³/mol. The predicted octanol–water partition coefficient (Wildman–Crippen LogP) is 4.56. The molecule has 9 heteroatoms. The summed E-state index contributed by atoms with van der Waals surface area (Å²) in [6.07, 6.45) is 0. The fourth-order valence-corrected chi connectivity index (χ4v) is 4.65. The number of hydrogen-bond acceptors (Lipinski definition) is 4. The van der Waals surface area contributed by atoms with Gasteiger partial charge in [0.2, 0.25) is 10.0 Å². The first kappa shape index (κ1) is 20.8. The van der Waals surface area contributed by atoms with Gasteiger partial charge in [-0.3, -0.25) is 4.79 Å². The van der Waals surface area contributed by atoms with E-state index in [1.54, 1.807) is 36.4 Å². The number of sulfonamides is 1. The van der Waals surface area contributed by atoms with Crippen LogP contribution in [0.25, 0.3) is 10.4 Å². The van der Waals surface area contributed by atoms with Crippen molar-refractivity contribution in [2.45, 2.75) is 11.4 Å². The zero-order valence-electron chi connectivity index (χ0n) is 14.7. The molecule has 0 bridgehead atoms. The molecule has 1 aromatic heterocycles. The van der Waals surface area contributed by atoms with Crippen molar-refractivity contribution in [1.82, 2.24) is 10.0 Å². The number of carbonyl (C=O) groups excluding carboxylic acids is 1. The summed E-state index contributed by atoms with van der Waals surface area (Å²) in [4.78, 5) is 14.0. The Hall–Kier alpha value is -1.90. The standard InChI is InChI=1S/C19H16Cl2N2O3S2/c1-22-28(25,26)16-4-2-12(3-5-16)11-23-19(24)18-7-6-17(27-18)13-8-14(20)10-15(21)9-13/h2-10,22H,11H2,1H3,(H,23,24). The maximum Gasteiger partial charge on any atom is 0.261 e. The van der Waals surface area contributed by atoms with Gasteiger partial charge in [0.15, 0.2) is 0 Å². The van der Waals surface area contributed by atoms with Gasteiger partial charge in [0.05, 0.1) is 9.77 Å². The van der Waals surface area contributed by atoms with E-state index in [9.17, 15) is 13.2 Å². The molecule has 0 fully saturated rings. The second-order valence-corrected chi connectivity index (χ2v) is 9.70. The van der Waals surface area contributed by atoms with Crippen LogP contribution < -0.4 is 10.0 Å². The summed E-state index contributed by atoms with van der Waals surface area (Å²) in [6, 6.07) is 15.2. The first-order valence-electron chi connectivity index (χ1n) is 8.15. The first-order valence-corrected chi connectivity index (χ1v) is 11.2. The topological polar surface area (TPSA) is 75.3 Å². The summed E-state index contributed by atoms with van der Waals surface area (Å²) < 4.78 is 25.7. The van der Waals surface area contributed by atoms with Crippen LogP contribution in [0.3, 0.4) is 0 Å². The maximum atomic E-state index is 12.4. The maximum absolute atomic E-state index is 12.4. The van der Waals surface area contributed by atoms with Crippen LogP contribution >= 0.6 is 34.5 Å². The largest absolute Gasteiger partial charge is 0.347 e. The van der Waals surface area contributed by atoms with Gasteiger partial charge in [0.1, 0.15) is 0 Å². The number of benzene rings is 2. The Kier molecular flexibility index (Phi) is 6.42. The second-order valence-electron chi connectivity index (χ2n) is 5.86. The van der Waals surface area contributed by atoms with Crippen molar-refractivity contribution in [3.63, 3.8) is 0 Å². The van der Waals surface area contributed by atoms with Crippen LogP contribution in [0.2, 0.25) is 10.0 Å². The highest BCUT2D eigenvalue weighted by molar-refractivity contribution is 7.89. The molecule has 146 valence electrons. The van der Waals surface area contributed by atoms with Crippen molar-refractivity contribution >= 4 is 50.5 Å². The number of nitrogens with one attached hydrogen (secondary N) is 2. The Morgan fingerprint density at radius 1 is 1.00 bits per heavy atom. The van der Waals surface area contributed by atoms with Crippen molar-refractivity contribution in [3.05, 3.63) is 75.1 Å². The van der Waals surface area contributed by atoms with Crippen LogP contribution in [0.4, 0.5) is 0 Å². The van der Waals surface area contributed by atoms with Gasteiger partial charge in [-0.15, -0.1) is 11.3 Å². The van der Waals surface area contributed by atoms with Gasteiger partial charge in [0, 0.05) is 21.5 Å². The van der Waals surface area contributed by atoms with E-state index < -0.39 is 10.0 Å². The number of carbonyl (C=O) groups is 1. The lowest BCUT2D eigenvalue weighted by molar-refractivity contribution is 0.0955. The molecule has 1 heterocycles. The summed E-state index contributed by atoms with van der Waals surface area (Å²) in [5, 5.41) is 3.90. The Morgan fingerprint density at radius 3 is 2.25 bits per heavy atom. The highest BCUT2D eigenvalue weighted by Crippen LogP contribution is 2.32. The average Bonchev–Trinajstić information content (AvgIpc) is 3.16. The average molecular weight is 455 g/mol. The molecule has 0 saturated carbocycles. The van der Waals surface area contributed by atoms with Crippen molar-refractivity contribution in [2.24, 2.45) is 0 Å². The minimum absolute atomic E-state index is 0.174. The van der Waals surface area contributed by atoms with Crippen LogP contribution in [0.1, 0.15) is 15.2 Å². The molecule has 0 spiro atoms. The van der Waals surface area contributed by atoms with Crippen LogP contribution in [0, 0.1) is 0 Å². The Labute approximate surface area is 177 Å². The Balaban J connectivity index is 1.67. The van der Waals surface area contributed by atoms with Crippen LogP contribution in [0.5, 0.6) is 0 Å². The molecular weight excluding hydrogens is 439 g/mol. The quantitative estimate of drug-likeness (QED) is 0.572. The molecule has 5 nitrogen and oxygen atoms in total. The number of hydrogen-bond donors (Lipinski definition) is 2. The molecule has 3 rings (SSSR count). The lowest BCUT2D eigenvalue weighted by atomic mass is 10.2. The highest BCUT2D eigenvalue weighted by atomic mass is 35.5. The van der Waals surface area contributed by atoms with Gasteiger partial charge in [-0.2, -0.15) is 0 Å². The molecule has 0 unspecified atom stereocenters. The molecule has 0 aliphatic rings. The summed E-state index contributed by atoms with van der Waals surface area (Å²) in [5.41, 5.74) is 1.64. The summed E-state index contributed by atoms with van der Waals surface area (Å²) in [7, 11) is -2.12. The van der Waals surface area contributed by atoms with Crippen molar-refractivity contribution in [3.8, 4) is 10.4 Å². The molecule has 0 aliphatic heterocycles.